The zero-order chi connectivity index (χ0) is 26.1. The van der Waals surface area contributed by atoms with Crippen LogP contribution in [0.5, 0.6) is 0 Å². The predicted molar refractivity (Wildman–Crippen MR) is 158 cm³/mol. The van der Waals surface area contributed by atoms with Crippen molar-refractivity contribution < 1.29 is 0 Å². The topological polar surface area (TPSA) is 35.5 Å². The van der Waals surface area contributed by atoms with Gasteiger partial charge in [-0.25, -0.2) is 0 Å². The number of aryl methyl sites for hydroxylation is 1. The van der Waals surface area contributed by atoms with Crippen molar-refractivity contribution in [1.29, 1.82) is 0 Å². The fourth-order valence-corrected chi connectivity index (χ4v) is 7.37. The molecule has 0 bridgehead atoms. The first-order valence-electron chi connectivity index (χ1n) is 14.9. The number of hydrogen-bond acceptors (Lipinski definition) is 5. The van der Waals surface area contributed by atoms with E-state index in [-0.39, 0.29) is 5.54 Å². The van der Waals surface area contributed by atoms with Crippen molar-refractivity contribution >= 4 is 16.6 Å². The van der Waals surface area contributed by atoms with Crippen LogP contribution in [0.15, 0.2) is 60.9 Å². The summed E-state index contributed by atoms with van der Waals surface area (Å²) >= 11 is 0. The summed E-state index contributed by atoms with van der Waals surface area (Å²) in [5.74, 6) is 0.643. The SMILES string of the molecule is CC.Cc1ccc(N2CCCC(N3CCN(C45CC4C=CCc4cccnc45)CC3)CC2)c2ncccc12. The highest BCUT2D eigenvalue weighted by Crippen LogP contribution is 2.58. The second-order valence-corrected chi connectivity index (χ2v) is 11.3. The van der Waals surface area contributed by atoms with Gasteiger partial charge in [-0.2, -0.15) is 0 Å². The molecule has 38 heavy (non-hydrogen) atoms. The van der Waals surface area contributed by atoms with Gasteiger partial charge in [-0.3, -0.25) is 19.8 Å². The van der Waals surface area contributed by atoms with Crippen LogP contribution in [0, 0.1) is 12.8 Å². The van der Waals surface area contributed by atoms with Gasteiger partial charge in [0.15, 0.2) is 0 Å². The predicted octanol–water partition coefficient (Wildman–Crippen LogP) is 5.97. The normalized spacial score (nSPS) is 27.5. The number of allylic oxidation sites excluding steroid dienone is 1. The summed E-state index contributed by atoms with van der Waals surface area (Å²) in [5.41, 5.74) is 6.74. The summed E-state index contributed by atoms with van der Waals surface area (Å²) in [5, 5.41) is 1.29. The van der Waals surface area contributed by atoms with Gasteiger partial charge in [0, 0.05) is 69.0 Å². The molecule has 7 rings (SSSR count). The molecule has 5 nitrogen and oxygen atoms in total. The van der Waals surface area contributed by atoms with Crippen LogP contribution in [0.4, 0.5) is 5.69 Å². The summed E-state index contributed by atoms with van der Waals surface area (Å²) in [6, 6.07) is 13.9. The Bertz CT molecular complexity index is 1290. The minimum Gasteiger partial charge on any atom is -0.370 e. The monoisotopic (exact) mass is 509 g/mol. The van der Waals surface area contributed by atoms with Gasteiger partial charge in [0.1, 0.15) is 0 Å². The fraction of sp³-hybridized carbons (Fsp3) is 0.515. The lowest BCUT2D eigenvalue weighted by molar-refractivity contribution is 0.0502. The van der Waals surface area contributed by atoms with Crippen molar-refractivity contribution in [1.82, 2.24) is 19.8 Å². The average molecular weight is 510 g/mol. The lowest BCUT2D eigenvalue weighted by Gasteiger charge is -2.43. The van der Waals surface area contributed by atoms with Crippen molar-refractivity contribution in [3.63, 3.8) is 0 Å². The summed E-state index contributed by atoms with van der Waals surface area (Å²) in [7, 11) is 0. The van der Waals surface area contributed by atoms with Crippen LogP contribution in [-0.4, -0.2) is 65.1 Å². The number of anilines is 1. The molecular weight excluding hydrogens is 466 g/mol. The number of rotatable bonds is 3. The van der Waals surface area contributed by atoms with Gasteiger partial charge in [0.25, 0.3) is 0 Å². The summed E-state index contributed by atoms with van der Waals surface area (Å²) in [4.78, 5) is 17.9. The molecule has 4 heterocycles. The van der Waals surface area contributed by atoms with Gasteiger partial charge in [0.05, 0.1) is 22.4 Å². The number of piperazine rings is 1. The van der Waals surface area contributed by atoms with Crippen LogP contribution in [0.2, 0.25) is 0 Å². The van der Waals surface area contributed by atoms with E-state index in [1.165, 1.54) is 66.7 Å². The molecule has 2 aromatic heterocycles. The molecule has 2 saturated heterocycles. The van der Waals surface area contributed by atoms with Crippen LogP contribution in [-0.2, 0) is 12.0 Å². The van der Waals surface area contributed by atoms with Crippen LogP contribution in [0.3, 0.4) is 0 Å². The first-order chi connectivity index (χ1) is 18.7. The molecule has 3 unspecified atom stereocenters. The van der Waals surface area contributed by atoms with Crippen LogP contribution < -0.4 is 4.90 Å². The first kappa shape index (κ1) is 25.5. The van der Waals surface area contributed by atoms with E-state index in [4.69, 9.17) is 9.97 Å². The van der Waals surface area contributed by atoms with Crippen molar-refractivity contribution in [2.45, 2.75) is 64.5 Å². The van der Waals surface area contributed by atoms with Crippen molar-refractivity contribution in [3.05, 3.63) is 77.8 Å². The molecule has 4 aliphatic rings. The third-order valence-electron chi connectivity index (χ3n) is 9.39. The number of pyridine rings is 2. The van der Waals surface area contributed by atoms with Gasteiger partial charge >= 0.3 is 0 Å². The Morgan fingerprint density at radius 3 is 2.55 bits per heavy atom. The average Bonchev–Trinajstić information content (AvgIpc) is 3.76. The van der Waals surface area contributed by atoms with E-state index in [1.54, 1.807) is 0 Å². The zero-order valence-corrected chi connectivity index (χ0v) is 23.4. The molecular formula is C33H43N5. The zero-order valence-electron chi connectivity index (χ0n) is 23.4. The molecule has 1 aromatic carbocycles. The van der Waals surface area contributed by atoms with Gasteiger partial charge in [-0.15, -0.1) is 0 Å². The molecule has 200 valence electrons. The Balaban J connectivity index is 0.00000129. The Hall–Kier alpha value is -2.76. The minimum absolute atomic E-state index is 0.162. The Morgan fingerprint density at radius 1 is 0.868 bits per heavy atom. The highest BCUT2D eigenvalue weighted by atomic mass is 15.3. The molecule has 3 aromatic rings. The number of nitrogens with zero attached hydrogens (tertiary/aromatic N) is 5. The van der Waals surface area contributed by atoms with Crippen molar-refractivity contribution in [3.8, 4) is 0 Å². The second-order valence-electron chi connectivity index (χ2n) is 11.3. The van der Waals surface area contributed by atoms with Crippen molar-refractivity contribution in [2.24, 2.45) is 5.92 Å². The smallest absolute Gasteiger partial charge is 0.0937 e. The third kappa shape index (κ3) is 4.44. The summed E-state index contributed by atoms with van der Waals surface area (Å²) in [6.07, 6.45) is 14.8. The second kappa shape index (κ2) is 10.8. The maximum absolute atomic E-state index is 4.93. The number of fused-ring (bicyclic) bond motifs is 4. The van der Waals surface area contributed by atoms with Gasteiger partial charge in [-0.05, 0) is 68.4 Å². The van der Waals surface area contributed by atoms with E-state index in [0.717, 1.165) is 38.1 Å². The van der Waals surface area contributed by atoms with E-state index in [9.17, 15) is 0 Å². The number of aromatic nitrogens is 2. The number of hydrogen-bond donors (Lipinski definition) is 0. The van der Waals surface area contributed by atoms with E-state index in [0.29, 0.717) is 12.0 Å². The molecule has 2 aliphatic carbocycles. The highest BCUT2D eigenvalue weighted by molar-refractivity contribution is 5.93. The summed E-state index contributed by atoms with van der Waals surface area (Å²) < 4.78 is 0. The molecule has 3 atom stereocenters. The molecule has 3 fully saturated rings. The lowest BCUT2D eigenvalue weighted by atomic mass is 9.99. The Morgan fingerprint density at radius 2 is 1.68 bits per heavy atom. The molecule has 0 amide bonds. The molecule has 1 saturated carbocycles. The van der Waals surface area contributed by atoms with E-state index in [2.05, 4.69) is 70.2 Å². The molecule has 0 radical (unpaired) electrons. The fourth-order valence-electron chi connectivity index (χ4n) is 7.37. The molecule has 0 spiro atoms. The minimum atomic E-state index is 0.162. The summed E-state index contributed by atoms with van der Waals surface area (Å²) in [6.45, 7) is 13.1. The van der Waals surface area contributed by atoms with E-state index in [1.807, 2.05) is 26.2 Å². The molecule has 0 N–H and O–H groups in total. The quantitative estimate of drug-likeness (QED) is 0.407. The standard InChI is InChI=1S/C31H37N5.C2H6/c1-23-11-12-28(29-27(23)10-4-14-32-29)35-16-5-9-26(13-17-35)34-18-20-36(21-19-34)31-22-25(31)8-2-6-24-7-3-15-33-30(24)31;1-2/h2-4,7-8,10-12,14-15,25-26H,5-6,9,13,16-22H2,1H3;1-2H3. The van der Waals surface area contributed by atoms with Gasteiger partial charge in [-0.1, -0.05) is 44.2 Å². The van der Waals surface area contributed by atoms with E-state index < -0.39 is 0 Å². The lowest BCUT2D eigenvalue weighted by Crippen LogP contribution is -2.54. The Kier molecular flexibility index (Phi) is 7.24. The van der Waals surface area contributed by atoms with Crippen molar-refractivity contribution in [2.75, 3.05) is 44.2 Å². The largest absolute Gasteiger partial charge is 0.370 e. The Labute approximate surface area is 228 Å². The third-order valence-corrected chi connectivity index (χ3v) is 9.39. The maximum atomic E-state index is 4.93. The maximum Gasteiger partial charge on any atom is 0.0937 e. The first-order valence-corrected chi connectivity index (χ1v) is 14.9. The van der Waals surface area contributed by atoms with Crippen LogP contribution in [0.25, 0.3) is 10.9 Å². The van der Waals surface area contributed by atoms with E-state index >= 15 is 0 Å². The van der Waals surface area contributed by atoms with Crippen LogP contribution in [0.1, 0.15) is 56.4 Å². The number of benzene rings is 1. The molecule has 2 aliphatic heterocycles. The van der Waals surface area contributed by atoms with Crippen LogP contribution >= 0.6 is 0 Å². The highest BCUT2D eigenvalue weighted by Gasteiger charge is 2.60. The van der Waals surface area contributed by atoms with Gasteiger partial charge < -0.3 is 4.90 Å². The van der Waals surface area contributed by atoms with Gasteiger partial charge in [0.2, 0.25) is 0 Å². The molecule has 5 heteroatoms.